The molecule has 0 aliphatic carbocycles. The average molecular weight is 419 g/mol. The number of thioether (sulfide) groups is 1. The van der Waals surface area contributed by atoms with E-state index in [1.165, 1.54) is 16.5 Å². The van der Waals surface area contributed by atoms with Gasteiger partial charge < -0.3 is 14.6 Å². The lowest BCUT2D eigenvalue weighted by atomic mass is 9.98. The van der Waals surface area contributed by atoms with Crippen LogP contribution >= 0.6 is 11.8 Å². The monoisotopic (exact) mass is 418 g/mol. The van der Waals surface area contributed by atoms with Crippen molar-refractivity contribution in [1.82, 2.24) is 9.88 Å². The molecule has 0 saturated carbocycles. The fourth-order valence-corrected chi connectivity index (χ4v) is 5.45. The molecule has 3 heterocycles. The second-order valence-corrected chi connectivity index (χ2v) is 8.98. The predicted octanol–water partition coefficient (Wildman–Crippen LogP) is 5.37. The summed E-state index contributed by atoms with van der Waals surface area (Å²) in [4.78, 5) is 19.6. The number of nitrogens with one attached hydrogen (secondary N) is 1. The summed E-state index contributed by atoms with van der Waals surface area (Å²) in [7, 11) is 0. The first kappa shape index (κ1) is 19.5. The Morgan fingerprint density at radius 1 is 1.17 bits per heavy atom. The maximum Gasteiger partial charge on any atom is 0.255 e. The first-order valence-corrected chi connectivity index (χ1v) is 11.7. The fourth-order valence-electron chi connectivity index (χ4n) is 4.33. The Morgan fingerprint density at radius 3 is 2.87 bits per heavy atom. The van der Waals surface area contributed by atoms with Gasteiger partial charge in [-0.2, -0.15) is 0 Å². The Morgan fingerprint density at radius 2 is 2.03 bits per heavy atom. The van der Waals surface area contributed by atoms with Crippen molar-refractivity contribution in [2.45, 2.75) is 30.3 Å². The van der Waals surface area contributed by atoms with Crippen molar-refractivity contribution in [2.75, 3.05) is 25.4 Å². The number of H-pyrrole nitrogens is 1. The highest BCUT2D eigenvalue weighted by molar-refractivity contribution is 7.99. The molecule has 1 aromatic heterocycles. The molecule has 154 valence electrons. The predicted molar refractivity (Wildman–Crippen MR) is 123 cm³/mol. The van der Waals surface area contributed by atoms with Crippen molar-refractivity contribution in [1.29, 1.82) is 0 Å². The maximum atomic E-state index is 13.3. The summed E-state index contributed by atoms with van der Waals surface area (Å²) in [6.45, 7) is 2.26. The highest BCUT2D eigenvalue weighted by Gasteiger charge is 2.23. The van der Waals surface area contributed by atoms with E-state index in [0.29, 0.717) is 12.6 Å². The molecule has 2 aliphatic rings. The summed E-state index contributed by atoms with van der Waals surface area (Å²) in [5.41, 5.74) is 4.54. The second kappa shape index (κ2) is 8.70. The number of amides is 1. The molecule has 0 spiro atoms. The van der Waals surface area contributed by atoms with E-state index >= 15 is 0 Å². The number of benzene rings is 2. The SMILES string of the molecule is O=C(c1ccccc1SCC1CCCO1)N1CC=C(c2c[nH]c3ccccc23)CC1. The van der Waals surface area contributed by atoms with Gasteiger partial charge in [0.1, 0.15) is 0 Å². The zero-order valence-corrected chi connectivity index (χ0v) is 17.8. The van der Waals surface area contributed by atoms with E-state index in [9.17, 15) is 4.79 Å². The quantitative estimate of drug-likeness (QED) is 0.567. The molecule has 5 heteroatoms. The molecule has 0 radical (unpaired) electrons. The molecule has 1 atom stereocenters. The van der Waals surface area contributed by atoms with Crippen molar-refractivity contribution in [3.63, 3.8) is 0 Å². The van der Waals surface area contributed by atoms with Crippen LogP contribution in [-0.4, -0.2) is 47.3 Å². The lowest BCUT2D eigenvalue weighted by Gasteiger charge is -2.27. The first-order chi connectivity index (χ1) is 14.8. The Hall–Kier alpha value is -2.50. The van der Waals surface area contributed by atoms with Crippen LogP contribution in [0.15, 0.2) is 65.7 Å². The van der Waals surface area contributed by atoms with Crippen LogP contribution in [0, 0.1) is 0 Å². The number of carbonyl (C=O) groups is 1. The molecular formula is C25H26N2O2S. The minimum atomic E-state index is 0.125. The smallest absolute Gasteiger partial charge is 0.255 e. The Bertz CT molecular complexity index is 1080. The minimum absolute atomic E-state index is 0.125. The number of ether oxygens (including phenoxy) is 1. The first-order valence-electron chi connectivity index (χ1n) is 10.7. The second-order valence-electron chi connectivity index (χ2n) is 7.92. The van der Waals surface area contributed by atoms with Crippen LogP contribution in [0.25, 0.3) is 16.5 Å². The number of nitrogens with zero attached hydrogens (tertiary/aromatic N) is 1. The number of rotatable bonds is 5. The van der Waals surface area contributed by atoms with E-state index in [2.05, 4.69) is 41.5 Å². The Labute approximate surface area is 181 Å². The van der Waals surface area contributed by atoms with Crippen molar-refractivity contribution in [2.24, 2.45) is 0 Å². The van der Waals surface area contributed by atoms with Crippen molar-refractivity contribution < 1.29 is 9.53 Å². The Kier molecular flexibility index (Phi) is 5.65. The van der Waals surface area contributed by atoms with E-state index in [1.54, 1.807) is 11.8 Å². The summed E-state index contributed by atoms with van der Waals surface area (Å²) in [6, 6.07) is 16.4. The lowest BCUT2D eigenvalue weighted by Crippen LogP contribution is -2.35. The van der Waals surface area contributed by atoms with Gasteiger partial charge in [-0.1, -0.05) is 36.4 Å². The third kappa shape index (κ3) is 3.92. The zero-order valence-electron chi connectivity index (χ0n) is 17.0. The van der Waals surface area contributed by atoms with E-state index in [0.717, 1.165) is 54.1 Å². The number of para-hydroxylation sites is 1. The van der Waals surface area contributed by atoms with Gasteiger partial charge >= 0.3 is 0 Å². The van der Waals surface area contributed by atoms with Crippen LogP contribution in [0.2, 0.25) is 0 Å². The van der Waals surface area contributed by atoms with Gasteiger partial charge in [0.25, 0.3) is 5.91 Å². The van der Waals surface area contributed by atoms with Crippen molar-refractivity contribution >= 4 is 34.1 Å². The molecule has 30 heavy (non-hydrogen) atoms. The molecular weight excluding hydrogens is 392 g/mol. The van der Waals surface area contributed by atoms with Crippen molar-refractivity contribution in [3.8, 4) is 0 Å². The molecule has 4 nitrogen and oxygen atoms in total. The van der Waals surface area contributed by atoms with Crippen LogP contribution < -0.4 is 0 Å². The third-order valence-electron chi connectivity index (χ3n) is 6.00. The average Bonchev–Trinajstić information content (AvgIpc) is 3.47. The third-order valence-corrected chi connectivity index (χ3v) is 7.20. The number of hydrogen-bond donors (Lipinski definition) is 1. The van der Waals surface area contributed by atoms with Gasteiger partial charge in [0.15, 0.2) is 0 Å². The number of hydrogen-bond acceptors (Lipinski definition) is 3. The lowest BCUT2D eigenvalue weighted by molar-refractivity contribution is 0.0769. The largest absolute Gasteiger partial charge is 0.377 e. The molecule has 2 aromatic carbocycles. The van der Waals surface area contributed by atoms with E-state index in [1.807, 2.05) is 29.2 Å². The molecule has 5 rings (SSSR count). The maximum absolute atomic E-state index is 13.3. The van der Waals surface area contributed by atoms with Gasteiger partial charge in [-0.05, 0) is 43.0 Å². The number of fused-ring (bicyclic) bond motifs is 1. The summed E-state index contributed by atoms with van der Waals surface area (Å²) < 4.78 is 5.74. The van der Waals surface area contributed by atoms with Gasteiger partial charge in [-0.3, -0.25) is 4.79 Å². The van der Waals surface area contributed by atoms with Crippen LogP contribution in [0.5, 0.6) is 0 Å². The van der Waals surface area contributed by atoms with Crippen LogP contribution in [0.3, 0.4) is 0 Å². The van der Waals surface area contributed by atoms with Crippen molar-refractivity contribution in [3.05, 3.63) is 71.9 Å². The standard InChI is InChI=1S/C25H26N2O2S/c28-25(21-8-2-4-10-24(21)30-17-19-6-5-15-29-19)27-13-11-18(12-14-27)22-16-26-23-9-3-1-7-20(22)23/h1-4,7-11,16,19,26H,5-6,12-15,17H2. The summed E-state index contributed by atoms with van der Waals surface area (Å²) >= 11 is 1.74. The number of carbonyl (C=O) groups excluding carboxylic acids is 1. The molecule has 3 aromatic rings. The van der Waals surface area contributed by atoms with Gasteiger partial charge in [0.2, 0.25) is 0 Å². The normalized spacial score (nSPS) is 19.3. The van der Waals surface area contributed by atoms with Crippen LogP contribution in [0.4, 0.5) is 0 Å². The topological polar surface area (TPSA) is 45.3 Å². The van der Waals surface area contributed by atoms with Gasteiger partial charge in [-0.15, -0.1) is 11.8 Å². The summed E-state index contributed by atoms with van der Waals surface area (Å²) in [5.74, 6) is 1.04. The molecule has 1 fully saturated rings. The van der Waals surface area contributed by atoms with Gasteiger partial charge in [0.05, 0.1) is 11.7 Å². The number of aromatic nitrogens is 1. The molecule has 0 bridgehead atoms. The highest BCUT2D eigenvalue weighted by Crippen LogP contribution is 2.31. The van der Waals surface area contributed by atoms with Crippen LogP contribution in [-0.2, 0) is 4.74 Å². The fraction of sp³-hybridized carbons (Fsp3) is 0.320. The highest BCUT2D eigenvalue weighted by atomic mass is 32.2. The van der Waals surface area contributed by atoms with Crippen LogP contribution in [0.1, 0.15) is 35.2 Å². The van der Waals surface area contributed by atoms with E-state index in [-0.39, 0.29) is 5.91 Å². The Balaban J connectivity index is 1.30. The molecule has 1 N–H and O–H groups in total. The molecule has 2 aliphatic heterocycles. The van der Waals surface area contributed by atoms with E-state index in [4.69, 9.17) is 4.74 Å². The minimum Gasteiger partial charge on any atom is -0.377 e. The summed E-state index contributed by atoms with van der Waals surface area (Å²) in [5, 5.41) is 1.25. The molecule has 1 saturated heterocycles. The molecule has 1 amide bonds. The summed E-state index contributed by atoms with van der Waals surface area (Å²) in [6.07, 6.45) is 7.75. The van der Waals surface area contributed by atoms with Gasteiger partial charge in [0, 0.05) is 53.0 Å². The number of aromatic amines is 1. The molecule has 1 unspecified atom stereocenters. The van der Waals surface area contributed by atoms with Gasteiger partial charge in [-0.25, -0.2) is 0 Å². The zero-order chi connectivity index (χ0) is 20.3. The van der Waals surface area contributed by atoms with E-state index < -0.39 is 0 Å².